The summed E-state index contributed by atoms with van der Waals surface area (Å²) >= 11 is 29.8. The fourth-order valence-corrected chi connectivity index (χ4v) is 16.4. The van der Waals surface area contributed by atoms with E-state index >= 15 is 0 Å². The van der Waals surface area contributed by atoms with E-state index in [4.69, 9.17) is 52.1 Å². The molecule has 1 aromatic rings. The van der Waals surface area contributed by atoms with Crippen LogP contribution in [0.5, 0.6) is 0 Å². The molecule has 0 aromatic heterocycles. The van der Waals surface area contributed by atoms with Gasteiger partial charge in [-0.1, -0.05) is 58.2 Å². The van der Waals surface area contributed by atoms with Gasteiger partial charge in [0.15, 0.2) is 0 Å². The van der Waals surface area contributed by atoms with E-state index in [0.717, 1.165) is 103 Å². The quantitative estimate of drug-likeness (QED) is 0.0153. The number of benzene rings is 1. The molecule has 842 valence electrons. The first kappa shape index (κ1) is 147. The molecule has 0 N–H and O–H groups in total. The Kier molecular flexibility index (Phi) is 72.4. The number of ether oxygens (including phenoxy) is 12. The van der Waals surface area contributed by atoms with Crippen LogP contribution in [0.15, 0.2) is 30.3 Å². The number of thioether (sulfide) groups is 6. The summed E-state index contributed by atoms with van der Waals surface area (Å²) in [5.41, 5.74) is -0.356. The Hall–Kier alpha value is -6.90. The lowest BCUT2D eigenvalue weighted by molar-refractivity contribution is -0.173. The van der Waals surface area contributed by atoms with Crippen LogP contribution in [-0.4, -0.2) is 238 Å². The predicted octanol–water partition coefficient (Wildman–Crippen LogP) is 20.7. The molecular weight excluding hydrogens is 2160 g/mol. The van der Waals surface area contributed by atoms with Gasteiger partial charge in [0.1, 0.15) is 69.4 Å². The number of carbonyl (C=O) groups is 24. The molecule has 1 aromatic carbocycles. The lowest BCUT2D eigenvalue weighted by atomic mass is 9.89. The second kappa shape index (κ2) is 72.7. The average Bonchev–Trinajstić information content (AvgIpc) is 0.881. The van der Waals surface area contributed by atoms with Gasteiger partial charge in [-0.3, -0.25) is 81.5 Å². The van der Waals surface area contributed by atoms with Crippen LogP contribution in [0, 0.1) is 52.8 Å². The molecular formula is C100H154O36S12. The molecule has 36 nitrogen and oxygen atoms in total. The van der Waals surface area contributed by atoms with Crippen LogP contribution in [0.1, 0.15) is 302 Å². The Morgan fingerprint density at radius 1 is 0.297 bits per heavy atom. The summed E-state index contributed by atoms with van der Waals surface area (Å²) in [6, 6.07) is 8.32. The van der Waals surface area contributed by atoms with Crippen molar-refractivity contribution in [2.45, 2.75) is 358 Å². The van der Waals surface area contributed by atoms with Gasteiger partial charge in [-0.05, 0) is 241 Å². The molecule has 0 aliphatic heterocycles. The molecule has 12 atom stereocenters. The third kappa shape index (κ3) is 72.6. The van der Waals surface area contributed by atoms with Crippen LogP contribution < -0.4 is 0 Å². The minimum Gasteiger partial charge on any atom is -0.426 e. The normalized spacial score (nSPS) is 14.6. The molecule has 0 heterocycles. The zero-order valence-corrected chi connectivity index (χ0v) is 101. The van der Waals surface area contributed by atoms with Gasteiger partial charge in [0.2, 0.25) is 37.7 Å². The lowest BCUT2D eigenvalue weighted by Crippen LogP contribution is -2.30. The summed E-state index contributed by atoms with van der Waals surface area (Å²) in [7, 11) is 0. The molecule has 48 heteroatoms. The Morgan fingerprint density at radius 2 is 0.520 bits per heavy atom. The molecule has 1 saturated carbocycles. The maximum absolute atomic E-state index is 12.1. The number of esters is 6. The van der Waals surface area contributed by atoms with Crippen molar-refractivity contribution in [1.29, 1.82) is 0 Å². The summed E-state index contributed by atoms with van der Waals surface area (Å²) in [6.07, 6.45) is -1.01. The highest BCUT2D eigenvalue weighted by molar-refractivity contribution is 8.14. The molecule has 1 aliphatic rings. The maximum Gasteiger partial charge on any atom is 0.370 e. The summed E-state index contributed by atoms with van der Waals surface area (Å²) in [4.78, 5) is 281. The van der Waals surface area contributed by atoms with Gasteiger partial charge >= 0.3 is 67.6 Å². The summed E-state index contributed by atoms with van der Waals surface area (Å²) in [6.45, 7) is 48.0. The van der Waals surface area contributed by atoms with Gasteiger partial charge < -0.3 is 56.8 Å². The smallest absolute Gasteiger partial charge is 0.370 e. The van der Waals surface area contributed by atoms with Crippen LogP contribution in [-0.2, 0) is 138 Å². The molecule has 1 fully saturated rings. The minimum atomic E-state index is -1.08. The lowest BCUT2D eigenvalue weighted by Gasteiger charge is -2.22. The van der Waals surface area contributed by atoms with Gasteiger partial charge in [-0.15, -0.1) is 0 Å². The number of thiol groups is 6. The number of hydrogen-bond donors (Lipinski definition) is 6. The fourth-order valence-electron chi connectivity index (χ4n) is 10.5. The van der Waals surface area contributed by atoms with Crippen molar-refractivity contribution in [2.75, 3.05) is 34.5 Å². The molecule has 0 spiro atoms. The first-order valence-corrected chi connectivity index (χ1v) is 55.8. The van der Waals surface area contributed by atoms with Crippen LogP contribution in [0.3, 0.4) is 0 Å². The van der Waals surface area contributed by atoms with Crippen LogP contribution in [0.25, 0.3) is 0 Å². The van der Waals surface area contributed by atoms with Crippen LogP contribution in [0.2, 0.25) is 0 Å². The van der Waals surface area contributed by atoms with E-state index in [1.54, 1.807) is 155 Å². The molecule has 2 rings (SSSR count). The summed E-state index contributed by atoms with van der Waals surface area (Å²) in [5.74, 6) is -8.28. The van der Waals surface area contributed by atoms with Crippen molar-refractivity contribution in [3.05, 3.63) is 35.9 Å². The van der Waals surface area contributed by atoms with E-state index in [9.17, 15) is 115 Å². The van der Waals surface area contributed by atoms with Gasteiger partial charge in [0, 0.05) is 163 Å². The third-order valence-electron chi connectivity index (χ3n) is 20.2. The van der Waals surface area contributed by atoms with Crippen molar-refractivity contribution in [3.63, 3.8) is 0 Å². The van der Waals surface area contributed by atoms with E-state index in [2.05, 4.69) is 80.5 Å². The maximum atomic E-state index is 12.1. The van der Waals surface area contributed by atoms with Gasteiger partial charge in [-0.25, -0.2) is 33.6 Å². The van der Waals surface area contributed by atoms with E-state index in [0.29, 0.717) is 5.56 Å². The van der Waals surface area contributed by atoms with Crippen molar-refractivity contribution in [1.82, 2.24) is 0 Å². The predicted molar refractivity (Wildman–Crippen MR) is 591 cm³/mol. The fraction of sp³-hybridized carbons (Fsp3) is 0.700. The Bertz CT molecular complexity index is 4580. The number of hydrogen-bond acceptors (Lipinski definition) is 48. The first-order valence-electron chi connectivity index (χ1n) is 47.2. The first-order chi connectivity index (χ1) is 67.4. The minimum absolute atomic E-state index is 0.00462. The zero-order valence-electron chi connectivity index (χ0n) is 90.5. The molecule has 0 saturated heterocycles. The number of carbonyl (C=O) groups excluding carboxylic acids is 24. The number of rotatable bonds is 52. The Labute approximate surface area is 929 Å². The zero-order chi connectivity index (χ0) is 116. The van der Waals surface area contributed by atoms with E-state index in [1.807, 2.05) is 0 Å². The van der Waals surface area contributed by atoms with E-state index < -0.39 is 169 Å². The summed E-state index contributed by atoms with van der Waals surface area (Å²) < 4.78 is 54.4. The SMILES string of the molecule is CC(=O)O[C@H](C)OC(=O)SC[C@H](CC(=O)C(C)(C)S)C(C)=O.CC(=O)[C@H](CSC(=O)O[C@@H](C)OC(=O)C(C)(C)C)CC(=O)C(C)(C)S.CC(=O)[C@H](CSC(=O)O[C@@H](C)OC(=O)C(C)C)CC(=O)C(C)(C)S.CC(=O)[C@H](CSC(=O)O[C@@H](C)OC(=O)C1CCCCC1)CC(=O)C(C)(C)S.CC(=O)[C@H](CSC(=O)O[C@@H](C)OC(=O)c1ccccc1)CC(=O)C(C)(C)S.CCC(=O)O[C@H](C)OC(=O)SC[C@H](CC(=O)C(C)(C)S)C(C)=O. The topological polar surface area (TPSA) is 520 Å². The molecule has 0 radical (unpaired) electrons. The van der Waals surface area contributed by atoms with Crippen molar-refractivity contribution < 1.29 is 172 Å². The Balaban J connectivity index is -0.000000842. The number of Topliss-reactive ketones (excluding diaryl/α,β-unsaturated/α-hetero) is 12. The molecule has 0 unspecified atom stereocenters. The standard InChI is InChI=1S/C19H30O6S2.C19H24O6S2.C17H28O6S2.C16H26O6S2.C15H24O6S2.C14H22O6S2/c2*1-12(20)15(10-16(21)19(3,4)26)11-27-18(23)25-13(2)24-17(22)14-8-6-5-7-9-14;1-10(18)12(8-13(19)17(6,7)24)9-25-15(21)23-11(2)22-14(20)16(3,4)5;1-9(2)14(19)21-11(4)22-15(20)24-8-12(10(3)17)7-13(18)16(5,6)23;1-6-13(18)20-10(3)21-14(19)23-8-11(9(2)16)7-12(17)15(4,5)22;1-8(15)11(6-12(17)14(4,5)21)7-22-13(18)20-10(3)19-9(2)16/h13-15,26H,5-11H2,1-4H3;5-9,13,15,26H,10-11H2,1-4H3;11-12,24H,8-9H2,1-7H3;9,11-12,23H,7-8H2,1-6H3;10-11,22H,6-8H2,1-5H3;10-11,21H,6-7H2,1-5H3/t2*13-,15-;2*11-,12-;2*10-,11-/m000000/s1. The van der Waals surface area contributed by atoms with Gasteiger partial charge in [0.25, 0.3) is 0 Å². The van der Waals surface area contributed by atoms with E-state index in [-0.39, 0.29) is 167 Å². The van der Waals surface area contributed by atoms with Crippen molar-refractivity contribution in [3.8, 4) is 0 Å². The highest BCUT2D eigenvalue weighted by atomic mass is 32.2. The molecule has 148 heavy (non-hydrogen) atoms. The van der Waals surface area contributed by atoms with Crippen LogP contribution in [0.4, 0.5) is 28.8 Å². The molecule has 1 aliphatic carbocycles. The molecule has 0 amide bonds. The average molecular weight is 2320 g/mol. The van der Waals surface area contributed by atoms with Gasteiger partial charge in [0.05, 0.1) is 51.3 Å². The second-order valence-electron chi connectivity index (χ2n) is 38.7. The Morgan fingerprint density at radius 3 is 0.736 bits per heavy atom. The second-order valence-corrected chi connectivity index (χ2v) is 51.1. The third-order valence-corrected chi connectivity index (χ3v) is 27.1. The van der Waals surface area contributed by atoms with E-state index in [1.165, 1.54) is 90.0 Å². The van der Waals surface area contributed by atoms with Crippen molar-refractivity contribution in [2.24, 2.45) is 52.8 Å². The van der Waals surface area contributed by atoms with Gasteiger partial charge in [-0.2, -0.15) is 75.8 Å². The van der Waals surface area contributed by atoms with Crippen molar-refractivity contribution >= 4 is 283 Å². The highest BCUT2D eigenvalue weighted by Gasteiger charge is 2.38. The largest absolute Gasteiger partial charge is 0.426 e. The molecule has 0 bridgehead atoms. The van der Waals surface area contributed by atoms with Crippen LogP contribution >= 0.6 is 146 Å². The monoisotopic (exact) mass is 2310 g/mol. The summed E-state index contributed by atoms with van der Waals surface area (Å²) in [5, 5.41) is -3.99. The highest BCUT2D eigenvalue weighted by Crippen LogP contribution is 2.33. The number of ketones is 12.